The average molecular weight is 297 g/mol. The number of ether oxygens (including phenoxy) is 1. The van der Waals surface area contributed by atoms with Crippen molar-refractivity contribution in [3.8, 4) is 0 Å². The van der Waals surface area contributed by atoms with Gasteiger partial charge in [0.05, 0.1) is 18.1 Å². The second-order valence-electron chi connectivity index (χ2n) is 3.45. The first-order valence-electron chi connectivity index (χ1n) is 4.79. The zero-order chi connectivity index (χ0) is 12.6. The first-order chi connectivity index (χ1) is 8.04. The monoisotopic (exact) mass is 296 g/mol. The van der Waals surface area contributed by atoms with E-state index in [4.69, 9.17) is 0 Å². The number of esters is 1. The number of hydrogen-bond acceptors (Lipinski definition) is 4. The number of hydrogen-bond donors (Lipinski definition) is 0. The van der Waals surface area contributed by atoms with Crippen molar-refractivity contribution in [2.24, 2.45) is 7.05 Å². The van der Waals surface area contributed by atoms with Crippen LogP contribution < -0.4 is 5.56 Å². The first kappa shape index (κ1) is 11.8. The lowest BCUT2D eigenvalue weighted by Gasteiger charge is -2.06. The van der Waals surface area contributed by atoms with Gasteiger partial charge in [-0.25, -0.2) is 9.78 Å². The van der Waals surface area contributed by atoms with Crippen LogP contribution in [0.2, 0.25) is 0 Å². The van der Waals surface area contributed by atoms with Crippen LogP contribution in [0.15, 0.2) is 27.5 Å². The van der Waals surface area contributed by atoms with E-state index in [2.05, 4.69) is 25.7 Å². The molecule has 0 saturated heterocycles. The van der Waals surface area contributed by atoms with Gasteiger partial charge >= 0.3 is 5.97 Å². The second-order valence-corrected chi connectivity index (χ2v) is 4.36. The van der Waals surface area contributed by atoms with Gasteiger partial charge in [-0.1, -0.05) is 15.9 Å². The maximum atomic E-state index is 11.9. The summed E-state index contributed by atoms with van der Waals surface area (Å²) in [6.45, 7) is 0. The van der Waals surface area contributed by atoms with Crippen molar-refractivity contribution < 1.29 is 9.53 Å². The van der Waals surface area contributed by atoms with Gasteiger partial charge in [-0.3, -0.25) is 4.79 Å². The van der Waals surface area contributed by atoms with E-state index in [1.807, 2.05) is 0 Å². The fraction of sp³-hybridized carbons (Fsp3) is 0.182. The minimum Gasteiger partial charge on any atom is -0.464 e. The number of halogens is 1. The third kappa shape index (κ3) is 1.95. The van der Waals surface area contributed by atoms with Crippen molar-refractivity contribution in [2.45, 2.75) is 0 Å². The van der Waals surface area contributed by atoms with Gasteiger partial charge in [0.15, 0.2) is 0 Å². The van der Waals surface area contributed by atoms with Crippen molar-refractivity contribution in [1.29, 1.82) is 0 Å². The Balaban J connectivity index is 2.85. The van der Waals surface area contributed by atoms with Crippen LogP contribution in [0, 0.1) is 0 Å². The molecule has 0 fully saturated rings. The molecule has 0 atom stereocenters. The molecule has 2 rings (SSSR count). The van der Waals surface area contributed by atoms with Gasteiger partial charge in [0.2, 0.25) is 5.69 Å². The third-order valence-electron chi connectivity index (χ3n) is 2.42. The number of benzene rings is 1. The normalized spacial score (nSPS) is 10.5. The van der Waals surface area contributed by atoms with Crippen LogP contribution in [-0.4, -0.2) is 22.6 Å². The maximum absolute atomic E-state index is 11.9. The Morgan fingerprint density at radius 3 is 2.82 bits per heavy atom. The SMILES string of the molecule is COC(=O)c1nc2cc(Br)ccc2n(C)c1=O. The van der Waals surface area contributed by atoms with Gasteiger partial charge < -0.3 is 9.30 Å². The topological polar surface area (TPSA) is 61.2 Å². The molecule has 5 nitrogen and oxygen atoms in total. The van der Waals surface area contributed by atoms with E-state index in [1.54, 1.807) is 25.2 Å². The molecule has 0 N–H and O–H groups in total. The molecule has 2 aromatic rings. The fourth-order valence-corrected chi connectivity index (χ4v) is 1.88. The number of carbonyl (C=O) groups excluding carboxylic acids is 1. The van der Waals surface area contributed by atoms with Crippen LogP contribution in [0.4, 0.5) is 0 Å². The molecule has 1 aromatic heterocycles. The molecule has 6 heteroatoms. The lowest BCUT2D eigenvalue weighted by atomic mass is 10.3. The van der Waals surface area contributed by atoms with Crippen molar-refractivity contribution in [2.75, 3.05) is 7.11 Å². The molecule has 1 heterocycles. The lowest BCUT2D eigenvalue weighted by molar-refractivity contribution is 0.0591. The van der Waals surface area contributed by atoms with Crippen LogP contribution in [0.1, 0.15) is 10.5 Å². The summed E-state index contributed by atoms with van der Waals surface area (Å²) in [4.78, 5) is 27.3. The number of aryl methyl sites for hydroxylation is 1. The highest BCUT2D eigenvalue weighted by Gasteiger charge is 2.16. The Hall–Kier alpha value is -1.69. The van der Waals surface area contributed by atoms with Crippen molar-refractivity contribution in [3.63, 3.8) is 0 Å². The molecule has 0 radical (unpaired) electrons. The summed E-state index contributed by atoms with van der Waals surface area (Å²) in [5.74, 6) is -0.729. The third-order valence-corrected chi connectivity index (χ3v) is 2.91. The average Bonchev–Trinajstić information content (AvgIpc) is 2.32. The molecule has 0 aliphatic rings. The predicted molar refractivity (Wildman–Crippen MR) is 66.0 cm³/mol. The summed E-state index contributed by atoms with van der Waals surface area (Å²) in [5, 5.41) is 0. The summed E-state index contributed by atoms with van der Waals surface area (Å²) in [5.41, 5.74) is 0.542. The Kier molecular flexibility index (Phi) is 2.97. The smallest absolute Gasteiger partial charge is 0.362 e. The highest BCUT2D eigenvalue weighted by molar-refractivity contribution is 9.10. The number of nitrogens with zero attached hydrogens (tertiary/aromatic N) is 2. The molecule has 0 aliphatic heterocycles. The van der Waals surface area contributed by atoms with Crippen molar-refractivity contribution in [3.05, 3.63) is 38.7 Å². The number of aromatic nitrogens is 2. The summed E-state index contributed by atoms with van der Waals surface area (Å²) in [7, 11) is 2.81. The first-order valence-corrected chi connectivity index (χ1v) is 5.58. The molecule has 0 saturated carbocycles. The summed E-state index contributed by atoms with van der Waals surface area (Å²) < 4.78 is 6.73. The summed E-state index contributed by atoms with van der Waals surface area (Å²) in [6, 6.07) is 5.30. The van der Waals surface area contributed by atoms with Crippen LogP contribution in [0.25, 0.3) is 11.0 Å². The summed E-state index contributed by atoms with van der Waals surface area (Å²) in [6.07, 6.45) is 0. The van der Waals surface area contributed by atoms with Crippen molar-refractivity contribution in [1.82, 2.24) is 9.55 Å². The molecule has 17 heavy (non-hydrogen) atoms. The lowest BCUT2D eigenvalue weighted by Crippen LogP contribution is -2.27. The Bertz CT molecular complexity index is 664. The quantitative estimate of drug-likeness (QED) is 0.748. The second kappa shape index (κ2) is 4.29. The van der Waals surface area contributed by atoms with Gasteiger partial charge in [-0.05, 0) is 18.2 Å². The number of methoxy groups -OCH3 is 1. The van der Waals surface area contributed by atoms with Crippen LogP contribution in [0.5, 0.6) is 0 Å². The number of rotatable bonds is 1. The standard InChI is InChI=1S/C11H9BrN2O3/c1-14-8-4-3-6(12)5-7(8)13-9(10(14)15)11(16)17-2/h3-5H,1-2H3. The van der Waals surface area contributed by atoms with Gasteiger partial charge in [-0.2, -0.15) is 0 Å². The molecule has 0 unspecified atom stereocenters. The largest absolute Gasteiger partial charge is 0.464 e. The molecule has 0 aliphatic carbocycles. The van der Waals surface area contributed by atoms with E-state index in [0.717, 1.165) is 4.47 Å². The molecule has 88 valence electrons. The molecular weight excluding hydrogens is 288 g/mol. The van der Waals surface area contributed by atoms with E-state index in [-0.39, 0.29) is 5.69 Å². The molecule has 0 amide bonds. The van der Waals surface area contributed by atoms with E-state index in [1.165, 1.54) is 11.7 Å². The minimum absolute atomic E-state index is 0.208. The highest BCUT2D eigenvalue weighted by Crippen LogP contribution is 2.16. The fourth-order valence-electron chi connectivity index (χ4n) is 1.54. The maximum Gasteiger partial charge on any atom is 0.362 e. The van der Waals surface area contributed by atoms with Crippen molar-refractivity contribution >= 4 is 32.9 Å². The Labute approximate surface area is 105 Å². The minimum atomic E-state index is -0.729. The molecular formula is C11H9BrN2O3. The van der Waals surface area contributed by atoms with Crippen LogP contribution in [-0.2, 0) is 11.8 Å². The number of carbonyl (C=O) groups is 1. The zero-order valence-electron chi connectivity index (χ0n) is 9.23. The Morgan fingerprint density at radius 2 is 2.18 bits per heavy atom. The van der Waals surface area contributed by atoms with Gasteiger partial charge in [0.1, 0.15) is 0 Å². The molecule has 0 spiro atoms. The van der Waals surface area contributed by atoms with E-state index < -0.39 is 11.5 Å². The molecule has 0 bridgehead atoms. The van der Waals surface area contributed by atoms with E-state index >= 15 is 0 Å². The van der Waals surface area contributed by atoms with Crippen LogP contribution in [0.3, 0.4) is 0 Å². The van der Waals surface area contributed by atoms with Gasteiger partial charge in [0.25, 0.3) is 5.56 Å². The molecule has 1 aromatic carbocycles. The van der Waals surface area contributed by atoms with Gasteiger partial charge in [-0.15, -0.1) is 0 Å². The zero-order valence-corrected chi connectivity index (χ0v) is 10.8. The highest BCUT2D eigenvalue weighted by atomic mass is 79.9. The number of fused-ring (bicyclic) bond motifs is 1. The van der Waals surface area contributed by atoms with Crippen LogP contribution >= 0.6 is 15.9 Å². The van der Waals surface area contributed by atoms with E-state index in [0.29, 0.717) is 11.0 Å². The van der Waals surface area contributed by atoms with E-state index in [9.17, 15) is 9.59 Å². The predicted octanol–water partition coefficient (Wildman–Crippen LogP) is 1.48. The Morgan fingerprint density at radius 1 is 1.47 bits per heavy atom. The summed E-state index contributed by atoms with van der Waals surface area (Å²) >= 11 is 3.31. The van der Waals surface area contributed by atoms with Gasteiger partial charge in [0, 0.05) is 11.5 Å².